The van der Waals surface area contributed by atoms with Crippen molar-refractivity contribution in [2.75, 3.05) is 13.3 Å². The lowest BCUT2D eigenvalue weighted by Gasteiger charge is -2.13. The minimum atomic E-state index is -0.687. The van der Waals surface area contributed by atoms with Gasteiger partial charge in [0, 0.05) is 13.1 Å². The lowest BCUT2D eigenvalue weighted by atomic mass is 10.0. The number of rotatable bonds is 6. The number of aliphatic hydroxyl groups excluding tert-OH is 1. The molecule has 3 aromatic carbocycles. The van der Waals surface area contributed by atoms with Crippen LogP contribution in [0, 0.1) is 0 Å². The van der Waals surface area contributed by atoms with Crippen molar-refractivity contribution in [3.63, 3.8) is 0 Å². The van der Waals surface area contributed by atoms with Crippen LogP contribution in [0.4, 0.5) is 4.79 Å². The second-order valence-corrected chi connectivity index (χ2v) is 6.66. The van der Waals surface area contributed by atoms with Crippen molar-refractivity contribution >= 4 is 16.8 Å². The fourth-order valence-corrected chi connectivity index (χ4v) is 3.29. The Labute approximate surface area is 163 Å². The molecule has 0 spiro atoms. The second-order valence-electron chi connectivity index (χ2n) is 6.66. The molecule has 0 saturated carbocycles. The van der Waals surface area contributed by atoms with Crippen LogP contribution in [0.3, 0.4) is 0 Å². The molecule has 0 saturated heterocycles. The SMILES string of the molecule is O=C(NCCC(O)c1ccc2c(c1)OCO2)NCc1cccc2ccccc12. The van der Waals surface area contributed by atoms with E-state index in [0.29, 0.717) is 31.0 Å². The number of carbonyl (C=O) groups excluding carboxylic acids is 1. The zero-order chi connectivity index (χ0) is 19.3. The predicted molar refractivity (Wildman–Crippen MR) is 106 cm³/mol. The van der Waals surface area contributed by atoms with Gasteiger partial charge in [-0.15, -0.1) is 0 Å². The highest BCUT2D eigenvalue weighted by Crippen LogP contribution is 2.34. The molecule has 2 amide bonds. The molecular formula is C22H22N2O4. The molecule has 6 heteroatoms. The van der Waals surface area contributed by atoms with Gasteiger partial charge in [0.2, 0.25) is 6.79 Å². The Kier molecular flexibility index (Phi) is 5.30. The number of hydrogen-bond donors (Lipinski definition) is 3. The fraction of sp³-hybridized carbons (Fsp3) is 0.227. The lowest BCUT2D eigenvalue weighted by Crippen LogP contribution is -2.36. The standard InChI is InChI=1S/C22H22N2O4/c25-19(16-8-9-20-21(12-16)28-14-27-20)10-11-23-22(26)24-13-17-6-3-5-15-4-1-2-7-18(15)17/h1-9,12,19,25H,10-11,13-14H2,(H2,23,24,26). The molecule has 144 valence electrons. The normalized spacial score (nSPS) is 13.3. The van der Waals surface area contributed by atoms with Gasteiger partial charge < -0.3 is 25.2 Å². The van der Waals surface area contributed by atoms with Gasteiger partial charge in [-0.3, -0.25) is 0 Å². The molecule has 3 N–H and O–H groups in total. The Morgan fingerprint density at radius 2 is 1.82 bits per heavy atom. The number of amides is 2. The topological polar surface area (TPSA) is 79.8 Å². The molecule has 1 unspecified atom stereocenters. The van der Waals surface area contributed by atoms with Crippen molar-refractivity contribution in [3.05, 3.63) is 71.8 Å². The van der Waals surface area contributed by atoms with Crippen LogP contribution in [0.5, 0.6) is 11.5 Å². The average molecular weight is 378 g/mol. The Hall–Kier alpha value is -3.25. The van der Waals surface area contributed by atoms with Crippen LogP contribution in [0.1, 0.15) is 23.7 Å². The van der Waals surface area contributed by atoms with E-state index in [9.17, 15) is 9.90 Å². The third-order valence-corrected chi connectivity index (χ3v) is 4.80. The largest absolute Gasteiger partial charge is 0.454 e. The summed E-state index contributed by atoms with van der Waals surface area (Å²) < 4.78 is 10.6. The molecule has 0 radical (unpaired) electrons. The van der Waals surface area contributed by atoms with E-state index in [1.165, 1.54) is 0 Å². The third-order valence-electron chi connectivity index (χ3n) is 4.80. The molecule has 0 fully saturated rings. The summed E-state index contributed by atoms with van der Waals surface area (Å²) in [5.74, 6) is 1.32. The smallest absolute Gasteiger partial charge is 0.315 e. The summed E-state index contributed by atoms with van der Waals surface area (Å²) in [6, 6.07) is 19.2. The van der Waals surface area contributed by atoms with E-state index < -0.39 is 6.10 Å². The number of benzene rings is 3. The molecule has 28 heavy (non-hydrogen) atoms. The molecule has 0 aliphatic carbocycles. The highest BCUT2D eigenvalue weighted by molar-refractivity contribution is 5.86. The minimum Gasteiger partial charge on any atom is -0.454 e. The number of nitrogens with one attached hydrogen (secondary N) is 2. The Balaban J connectivity index is 1.25. The summed E-state index contributed by atoms with van der Waals surface area (Å²) in [7, 11) is 0. The van der Waals surface area contributed by atoms with E-state index in [4.69, 9.17) is 9.47 Å². The van der Waals surface area contributed by atoms with Crippen LogP contribution in [-0.4, -0.2) is 24.5 Å². The van der Waals surface area contributed by atoms with Gasteiger partial charge in [0.1, 0.15) is 0 Å². The van der Waals surface area contributed by atoms with E-state index in [1.807, 2.05) is 30.3 Å². The molecule has 0 bridgehead atoms. The summed E-state index contributed by atoms with van der Waals surface area (Å²) in [6.07, 6.45) is -0.283. The lowest BCUT2D eigenvalue weighted by molar-refractivity contribution is 0.165. The first kappa shape index (κ1) is 18.1. The minimum absolute atomic E-state index is 0.202. The van der Waals surface area contributed by atoms with Crippen molar-refractivity contribution in [2.24, 2.45) is 0 Å². The fourth-order valence-electron chi connectivity index (χ4n) is 3.29. The van der Waals surface area contributed by atoms with E-state index in [2.05, 4.69) is 22.8 Å². The first-order valence-corrected chi connectivity index (χ1v) is 9.26. The van der Waals surface area contributed by atoms with Gasteiger partial charge in [-0.2, -0.15) is 0 Å². The maximum absolute atomic E-state index is 12.1. The Morgan fingerprint density at radius 1 is 1.00 bits per heavy atom. The first-order chi connectivity index (χ1) is 13.7. The van der Waals surface area contributed by atoms with Gasteiger partial charge >= 0.3 is 6.03 Å². The Bertz CT molecular complexity index is 984. The first-order valence-electron chi connectivity index (χ1n) is 9.26. The summed E-state index contributed by atoms with van der Waals surface area (Å²) in [5, 5.41) is 18.3. The maximum Gasteiger partial charge on any atom is 0.315 e. The molecular weight excluding hydrogens is 356 g/mol. The average Bonchev–Trinajstić information content (AvgIpc) is 3.20. The van der Waals surface area contributed by atoms with Gasteiger partial charge in [-0.1, -0.05) is 48.5 Å². The van der Waals surface area contributed by atoms with Gasteiger partial charge in [0.15, 0.2) is 11.5 Å². The van der Waals surface area contributed by atoms with Crippen LogP contribution in [0.15, 0.2) is 60.7 Å². The summed E-state index contributed by atoms with van der Waals surface area (Å²) in [6.45, 7) is 1.00. The second kappa shape index (κ2) is 8.19. The van der Waals surface area contributed by atoms with Crippen LogP contribution in [-0.2, 0) is 6.54 Å². The molecule has 4 rings (SSSR count). The van der Waals surface area contributed by atoms with Crippen molar-refractivity contribution in [2.45, 2.75) is 19.1 Å². The quantitative estimate of drug-likeness (QED) is 0.613. The molecule has 0 aromatic heterocycles. The van der Waals surface area contributed by atoms with Crippen LogP contribution < -0.4 is 20.1 Å². The van der Waals surface area contributed by atoms with Gasteiger partial charge in [-0.25, -0.2) is 4.79 Å². The molecule has 6 nitrogen and oxygen atoms in total. The van der Waals surface area contributed by atoms with E-state index in [-0.39, 0.29) is 12.8 Å². The molecule has 1 aliphatic heterocycles. The number of hydrogen-bond acceptors (Lipinski definition) is 4. The number of urea groups is 1. The molecule has 1 aliphatic rings. The summed E-state index contributed by atoms with van der Waals surface area (Å²) >= 11 is 0. The van der Waals surface area contributed by atoms with E-state index in [1.54, 1.807) is 18.2 Å². The van der Waals surface area contributed by atoms with Crippen LogP contribution >= 0.6 is 0 Å². The van der Waals surface area contributed by atoms with Crippen molar-refractivity contribution in [1.82, 2.24) is 10.6 Å². The zero-order valence-corrected chi connectivity index (χ0v) is 15.4. The number of ether oxygens (including phenoxy) is 2. The monoisotopic (exact) mass is 378 g/mol. The molecule has 1 atom stereocenters. The number of carbonyl (C=O) groups is 1. The highest BCUT2D eigenvalue weighted by atomic mass is 16.7. The van der Waals surface area contributed by atoms with Crippen molar-refractivity contribution < 1.29 is 19.4 Å². The number of aliphatic hydroxyl groups is 1. The zero-order valence-electron chi connectivity index (χ0n) is 15.4. The van der Waals surface area contributed by atoms with Crippen LogP contribution in [0.25, 0.3) is 10.8 Å². The highest BCUT2D eigenvalue weighted by Gasteiger charge is 2.16. The van der Waals surface area contributed by atoms with Crippen LogP contribution in [0.2, 0.25) is 0 Å². The maximum atomic E-state index is 12.1. The summed E-state index contributed by atoms with van der Waals surface area (Å²) in [4.78, 5) is 12.1. The Morgan fingerprint density at radius 3 is 2.75 bits per heavy atom. The number of fused-ring (bicyclic) bond motifs is 2. The molecule has 1 heterocycles. The van der Waals surface area contributed by atoms with Gasteiger partial charge in [-0.05, 0) is 40.5 Å². The van der Waals surface area contributed by atoms with Gasteiger partial charge in [0.25, 0.3) is 0 Å². The predicted octanol–water partition coefficient (Wildman–Crippen LogP) is 3.49. The van der Waals surface area contributed by atoms with Crippen molar-refractivity contribution in [1.29, 1.82) is 0 Å². The van der Waals surface area contributed by atoms with Gasteiger partial charge in [0.05, 0.1) is 6.10 Å². The summed E-state index contributed by atoms with van der Waals surface area (Å²) in [5.41, 5.74) is 1.80. The van der Waals surface area contributed by atoms with E-state index in [0.717, 1.165) is 21.9 Å². The van der Waals surface area contributed by atoms with Crippen molar-refractivity contribution in [3.8, 4) is 11.5 Å². The van der Waals surface area contributed by atoms with E-state index >= 15 is 0 Å². The molecule has 3 aromatic rings. The third kappa shape index (κ3) is 4.02.